The van der Waals surface area contributed by atoms with Crippen molar-refractivity contribution in [3.05, 3.63) is 76.5 Å². The molecule has 290 valence electrons. The number of para-hydroxylation sites is 1. The van der Waals surface area contributed by atoms with Crippen LogP contribution < -0.4 is 26.5 Å². The molecule has 1 atom stereocenters. The number of nitrogens with zero attached hydrogens (tertiary/aromatic N) is 8. The molecule has 1 unspecified atom stereocenters. The first-order valence-electron chi connectivity index (χ1n) is 19.5. The highest BCUT2D eigenvalue weighted by Gasteiger charge is 2.33. The van der Waals surface area contributed by atoms with E-state index in [2.05, 4.69) is 41.9 Å². The van der Waals surface area contributed by atoms with Crippen LogP contribution in [-0.2, 0) is 16.6 Å². The molecule has 1 saturated carbocycles. The van der Waals surface area contributed by atoms with Crippen LogP contribution in [-0.4, -0.2) is 91.2 Å². The fourth-order valence-corrected chi connectivity index (χ4v) is 8.65. The van der Waals surface area contributed by atoms with Crippen LogP contribution >= 0.6 is 0 Å². The number of anilines is 2. The topological polar surface area (TPSA) is 175 Å². The van der Waals surface area contributed by atoms with Crippen LogP contribution in [0.4, 0.5) is 11.4 Å². The van der Waals surface area contributed by atoms with Crippen molar-refractivity contribution >= 4 is 45.6 Å². The molecule has 5 aromatic rings. The van der Waals surface area contributed by atoms with Crippen LogP contribution in [0.15, 0.2) is 59.7 Å². The number of hydrogen-bond donors (Lipinski definition) is 3. The summed E-state index contributed by atoms with van der Waals surface area (Å²) < 4.78 is 4.92. The summed E-state index contributed by atoms with van der Waals surface area (Å²) in [5, 5.41) is 22.8. The summed E-state index contributed by atoms with van der Waals surface area (Å²) in [4.78, 5) is 61.1. The van der Waals surface area contributed by atoms with E-state index in [1.165, 1.54) is 6.20 Å². The van der Waals surface area contributed by atoms with Crippen LogP contribution in [0.1, 0.15) is 74.3 Å². The van der Waals surface area contributed by atoms with Gasteiger partial charge in [-0.05, 0) is 88.3 Å². The standard InChI is InChI=1S/C41H47N11O4/c1-25(2)45-31-20-32(33-12-11-29-19-27(21-42)22-44-52(29)33)43-23-30(31)39(54)46-28-9-7-26(8-10-28)24-49-15-17-50(18-16-49)34-5-4-6-35-38(34)48(3)41(56)51(35)36-13-14-37(53)47-40(36)55/h4-6,11-12,19-20,22-23,25-26,28,36H,7-10,13-18,24H2,1-3H3,(H,43,45)(H,46,54)(H,47,53,55). The first-order chi connectivity index (χ1) is 27.1. The van der Waals surface area contributed by atoms with E-state index in [4.69, 9.17) is 0 Å². The first kappa shape index (κ1) is 36.9. The summed E-state index contributed by atoms with van der Waals surface area (Å²) in [5.41, 5.74) is 6.17. The second kappa shape index (κ2) is 15.3. The van der Waals surface area contributed by atoms with Crippen molar-refractivity contribution in [1.29, 1.82) is 5.26 Å². The molecule has 15 heteroatoms. The van der Waals surface area contributed by atoms with Gasteiger partial charge in [-0.3, -0.25) is 38.7 Å². The van der Waals surface area contributed by atoms with E-state index < -0.39 is 11.9 Å². The highest BCUT2D eigenvalue weighted by Crippen LogP contribution is 2.32. The zero-order chi connectivity index (χ0) is 39.1. The molecule has 4 aromatic heterocycles. The number of rotatable bonds is 9. The summed E-state index contributed by atoms with van der Waals surface area (Å²) in [7, 11) is 1.75. The third-order valence-corrected chi connectivity index (χ3v) is 11.5. The van der Waals surface area contributed by atoms with Crippen LogP contribution in [0.2, 0.25) is 0 Å². The Bertz CT molecular complexity index is 2420. The maximum atomic E-state index is 13.7. The Morgan fingerprint density at radius 2 is 1.79 bits per heavy atom. The van der Waals surface area contributed by atoms with Crippen molar-refractivity contribution < 1.29 is 14.4 Å². The number of imidazole rings is 1. The van der Waals surface area contributed by atoms with Crippen molar-refractivity contribution in [2.75, 3.05) is 42.9 Å². The zero-order valence-electron chi connectivity index (χ0n) is 32.0. The Morgan fingerprint density at radius 1 is 1.00 bits per heavy atom. The Labute approximate surface area is 324 Å². The number of hydrogen-bond acceptors (Lipinski definition) is 10. The minimum atomic E-state index is -0.709. The maximum Gasteiger partial charge on any atom is 0.329 e. The van der Waals surface area contributed by atoms with Gasteiger partial charge in [-0.1, -0.05) is 6.07 Å². The Hall–Kier alpha value is -6.01. The minimum absolute atomic E-state index is 0.0925. The molecule has 2 saturated heterocycles. The van der Waals surface area contributed by atoms with Gasteiger partial charge in [0.2, 0.25) is 11.8 Å². The number of nitriles is 1. The normalized spacial score (nSPS) is 20.7. The molecule has 8 rings (SSSR count). The quantitative estimate of drug-likeness (QED) is 0.188. The molecule has 3 fully saturated rings. The first-order valence-corrected chi connectivity index (χ1v) is 19.5. The Balaban J connectivity index is 0.866. The minimum Gasteiger partial charge on any atom is -0.382 e. The lowest BCUT2D eigenvalue weighted by atomic mass is 9.85. The van der Waals surface area contributed by atoms with E-state index in [-0.39, 0.29) is 36.0 Å². The van der Waals surface area contributed by atoms with Crippen LogP contribution in [0.5, 0.6) is 0 Å². The average Bonchev–Trinajstić information content (AvgIpc) is 3.73. The highest BCUT2D eigenvalue weighted by atomic mass is 16.2. The van der Waals surface area contributed by atoms with Gasteiger partial charge in [0, 0.05) is 64.5 Å². The number of amides is 3. The molecule has 3 aliphatic rings. The smallest absolute Gasteiger partial charge is 0.329 e. The fraction of sp³-hybridized carbons (Fsp3) is 0.439. The van der Waals surface area contributed by atoms with Gasteiger partial charge in [0.1, 0.15) is 12.1 Å². The SMILES string of the molecule is CC(C)Nc1cc(-c2ccc3cc(C#N)cnn23)ncc1C(=O)NC1CCC(CN2CCN(c3cccc4c3n(C)c(=O)n4C3CCC(=O)NC3=O)CC2)CC1. The van der Waals surface area contributed by atoms with Crippen LogP contribution in [0.3, 0.4) is 0 Å². The lowest BCUT2D eigenvalue weighted by Crippen LogP contribution is -2.48. The predicted octanol–water partition coefficient (Wildman–Crippen LogP) is 3.83. The molecule has 2 aliphatic heterocycles. The van der Waals surface area contributed by atoms with E-state index in [1.807, 2.05) is 50.2 Å². The maximum absolute atomic E-state index is 13.7. The molecule has 3 amide bonds. The third kappa shape index (κ3) is 7.12. The largest absolute Gasteiger partial charge is 0.382 e. The van der Waals surface area contributed by atoms with Gasteiger partial charge < -0.3 is 15.5 Å². The Morgan fingerprint density at radius 3 is 2.52 bits per heavy atom. The van der Waals surface area contributed by atoms with Crippen molar-refractivity contribution in [3.63, 3.8) is 0 Å². The molecule has 15 nitrogen and oxygen atoms in total. The van der Waals surface area contributed by atoms with Crippen LogP contribution in [0.25, 0.3) is 27.9 Å². The van der Waals surface area contributed by atoms with Crippen molar-refractivity contribution in [1.82, 2.24) is 39.3 Å². The van der Waals surface area contributed by atoms with E-state index in [1.54, 1.807) is 33.0 Å². The second-order valence-electron chi connectivity index (χ2n) is 15.6. The number of piperidine rings is 1. The van der Waals surface area contributed by atoms with E-state index in [0.717, 1.165) is 80.8 Å². The zero-order valence-corrected chi connectivity index (χ0v) is 32.0. The van der Waals surface area contributed by atoms with Crippen LogP contribution in [0, 0.1) is 17.2 Å². The number of fused-ring (bicyclic) bond motifs is 2. The summed E-state index contributed by atoms with van der Waals surface area (Å²) >= 11 is 0. The summed E-state index contributed by atoms with van der Waals surface area (Å²) in [6, 6.07) is 15.0. The predicted molar refractivity (Wildman–Crippen MR) is 212 cm³/mol. The molecular weight excluding hydrogens is 711 g/mol. The van der Waals surface area contributed by atoms with Gasteiger partial charge in [-0.15, -0.1) is 0 Å². The lowest BCUT2D eigenvalue weighted by Gasteiger charge is -2.39. The van der Waals surface area contributed by atoms with Gasteiger partial charge in [0.25, 0.3) is 5.91 Å². The van der Waals surface area contributed by atoms with E-state index in [0.29, 0.717) is 40.4 Å². The number of piperazine rings is 1. The number of carbonyl (C=O) groups is 3. The molecule has 0 bridgehead atoms. The highest BCUT2D eigenvalue weighted by molar-refractivity contribution is 6.01. The molecule has 6 heterocycles. The summed E-state index contributed by atoms with van der Waals surface area (Å²) in [6.45, 7) is 8.53. The molecule has 3 N–H and O–H groups in total. The van der Waals surface area contributed by atoms with Crippen molar-refractivity contribution in [2.45, 2.75) is 70.5 Å². The van der Waals surface area contributed by atoms with E-state index >= 15 is 0 Å². The second-order valence-corrected chi connectivity index (χ2v) is 15.6. The van der Waals surface area contributed by atoms with Gasteiger partial charge in [0.05, 0.1) is 56.6 Å². The number of carbonyl (C=O) groups excluding carboxylic acids is 3. The van der Waals surface area contributed by atoms with Gasteiger partial charge in [-0.2, -0.15) is 10.4 Å². The Kier molecular flexibility index (Phi) is 10.1. The van der Waals surface area contributed by atoms with E-state index in [9.17, 15) is 24.4 Å². The fourth-order valence-electron chi connectivity index (χ4n) is 8.65. The van der Waals surface area contributed by atoms with Gasteiger partial charge in [0.15, 0.2) is 0 Å². The number of aromatic nitrogens is 5. The number of benzene rings is 1. The number of imide groups is 1. The molecule has 0 radical (unpaired) electrons. The summed E-state index contributed by atoms with van der Waals surface area (Å²) in [5.74, 6) is -0.318. The molecule has 1 aliphatic carbocycles. The molecule has 56 heavy (non-hydrogen) atoms. The van der Waals surface area contributed by atoms with Gasteiger partial charge >= 0.3 is 5.69 Å². The van der Waals surface area contributed by atoms with Crippen molar-refractivity contribution in [2.24, 2.45) is 13.0 Å². The molecule has 1 aromatic carbocycles. The third-order valence-electron chi connectivity index (χ3n) is 11.5. The average molecular weight is 758 g/mol. The summed E-state index contributed by atoms with van der Waals surface area (Å²) in [6.07, 6.45) is 7.60. The molecular formula is C41H47N11O4. The van der Waals surface area contributed by atoms with Gasteiger partial charge in [-0.25, -0.2) is 9.31 Å². The number of aryl methyl sites for hydroxylation is 1. The van der Waals surface area contributed by atoms with Crippen molar-refractivity contribution in [3.8, 4) is 17.5 Å². The number of nitrogens with one attached hydrogen (secondary N) is 3. The molecule has 0 spiro atoms. The number of pyridine rings is 1. The monoisotopic (exact) mass is 757 g/mol. The lowest BCUT2D eigenvalue weighted by molar-refractivity contribution is -0.135.